The number of anilines is 1. The van der Waals surface area contributed by atoms with E-state index in [0.29, 0.717) is 0 Å². The number of rotatable bonds is 5. The zero-order valence-corrected chi connectivity index (χ0v) is 15.7. The van der Waals surface area contributed by atoms with Crippen LogP contribution in [0.25, 0.3) is 32.9 Å². The molecule has 0 bridgehead atoms. The van der Waals surface area contributed by atoms with E-state index in [1.54, 1.807) is 0 Å². The Morgan fingerprint density at radius 2 is 1.59 bits per heavy atom. The molecule has 0 aliphatic rings. The molecule has 1 aromatic heterocycles. The Hall–Kier alpha value is -2.95. The largest absolute Gasteiger partial charge is 0.412 e. The average Bonchev–Trinajstić information content (AvgIpc) is 2.67. The molecule has 0 unspecified atom stereocenters. The minimum atomic E-state index is 0. The first kappa shape index (κ1) is 18.8. The normalized spacial score (nSPS) is 10.9. The number of nitrogens with zero attached hydrogens (tertiary/aromatic N) is 2. The Morgan fingerprint density at radius 1 is 0.852 bits per heavy atom. The zero-order valence-electron chi connectivity index (χ0n) is 15.7. The van der Waals surface area contributed by atoms with Gasteiger partial charge in [-0.3, -0.25) is 0 Å². The van der Waals surface area contributed by atoms with Gasteiger partial charge in [-0.2, -0.15) is 0 Å². The summed E-state index contributed by atoms with van der Waals surface area (Å²) in [4.78, 5) is 7.09. The van der Waals surface area contributed by atoms with Crippen LogP contribution in [0.3, 0.4) is 0 Å². The summed E-state index contributed by atoms with van der Waals surface area (Å²) in [6.07, 6.45) is 0. The Labute approximate surface area is 159 Å². The standard InChI is InChI=1S/C23H23N3.H2O/c1-26(2)14-13-24-23-16-22(25-21-10-6-5-9-20(21)23)19-12-11-17-7-3-4-8-18(17)15-19;/h3-12,15-16H,13-14H2,1-2H3,(H,24,25);1H2. The lowest BCUT2D eigenvalue weighted by atomic mass is 10.0. The van der Waals surface area contributed by atoms with Gasteiger partial charge in [0.25, 0.3) is 0 Å². The molecule has 0 saturated carbocycles. The van der Waals surface area contributed by atoms with Crippen molar-refractivity contribution in [3.05, 3.63) is 72.8 Å². The highest BCUT2D eigenvalue weighted by atomic mass is 16.0. The van der Waals surface area contributed by atoms with E-state index in [1.807, 2.05) is 6.07 Å². The van der Waals surface area contributed by atoms with Crippen LogP contribution in [0.15, 0.2) is 72.8 Å². The first-order valence-electron chi connectivity index (χ1n) is 8.98. The van der Waals surface area contributed by atoms with Gasteiger partial charge in [0.15, 0.2) is 0 Å². The third kappa shape index (κ3) is 4.08. The van der Waals surface area contributed by atoms with Crippen molar-refractivity contribution in [1.82, 2.24) is 9.88 Å². The van der Waals surface area contributed by atoms with Crippen molar-refractivity contribution >= 4 is 27.4 Å². The van der Waals surface area contributed by atoms with Gasteiger partial charge in [0.2, 0.25) is 0 Å². The van der Waals surface area contributed by atoms with Crippen molar-refractivity contribution < 1.29 is 5.48 Å². The van der Waals surface area contributed by atoms with E-state index in [4.69, 9.17) is 4.98 Å². The molecule has 0 saturated heterocycles. The van der Waals surface area contributed by atoms with Crippen molar-refractivity contribution in [3.63, 3.8) is 0 Å². The maximum atomic E-state index is 4.91. The molecule has 0 spiro atoms. The monoisotopic (exact) mass is 359 g/mol. The van der Waals surface area contributed by atoms with E-state index >= 15 is 0 Å². The van der Waals surface area contributed by atoms with E-state index in [9.17, 15) is 0 Å². The summed E-state index contributed by atoms with van der Waals surface area (Å²) in [5, 5.41) is 7.24. The number of pyridine rings is 1. The number of nitrogens with one attached hydrogen (secondary N) is 1. The summed E-state index contributed by atoms with van der Waals surface area (Å²) in [6.45, 7) is 1.89. The molecule has 4 rings (SSSR count). The maximum Gasteiger partial charge on any atom is 0.0730 e. The fraction of sp³-hybridized carbons (Fsp3) is 0.174. The minimum Gasteiger partial charge on any atom is -0.412 e. The lowest BCUT2D eigenvalue weighted by molar-refractivity contribution is 0.425. The van der Waals surface area contributed by atoms with Crippen LogP contribution in [0.2, 0.25) is 0 Å². The SMILES string of the molecule is CN(C)CCNc1cc(-c2ccc3ccccc3c2)nc2ccccc12.O. The number of likely N-dealkylation sites (N-methyl/N-ethyl adjacent to an activating group) is 1. The van der Waals surface area contributed by atoms with Gasteiger partial charge in [0.1, 0.15) is 0 Å². The van der Waals surface area contributed by atoms with E-state index in [0.717, 1.165) is 40.9 Å². The Bertz CT molecular complexity index is 1060. The predicted octanol–water partition coefficient (Wildman–Crippen LogP) is 4.20. The van der Waals surface area contributed by atoms with Gasteiger partial charge in [-0.05, 0) is 43.1 Å². The van der Waals surface area contributed by atoms with Crippen LogP contribution >= 0.6 is 0 Å². The first-order chi connectivity index (χ1) is 12.7. The van der Waals surface area contributed by atoms with Crippen molar-refractivity contribution in [2.75, 3.05) is 32.5 Å². The third-order valence-electron chi connectivity index (χ3n) is 4.64. The Kier molecular flexibility index (Phi) is 5.69. The van der Waals surface area contributed by atoms with Crippen LogP contribution < -0.4 is 5.32 Å². The minimum absolute atomic E-state index is 0. The Morgan fingerprint density at radius 3 is 2.41 bits per heavy atom. The molecule has 3 N–H and O–H groups in total. The van der Waals surface area contributed by atoms with Crippen LogP contribution in [0.1, 0.15) is 0 Å². The molecule has 4 heteroatoms. The van der Waals surface area contributed by atoms with Crippen LogP contribution in [0.5, 0.6) is 0 Å². The van der Waals surface area contributed by atoms with E-state index in [1.165, 1.54) is 10.8 Å². The van der Waals surface area contributed by atoms with Gasteiger partial charge < -0.3 is 15.7 Å². The summed E-state index contributed by atoms with van der Waals surface area (Å²) < 4.78 is 0. The van der Waals surface area contributed by atoms with Crippen LogP contribution in [-0.2, 0) is 0 Å². The van der Waals surface area contributed by atoms with Gasteiger partial charge in [0.05, 0.1) is 11.2 Å². The Balaban J connectivity index is 0.00000210. The number of fused-ring (bicyclic) bond motifs is 2. The quantitative estimate of drug-likeness (QED) is 0.581. The predicted molar refractivity (Wildman–Crippen MR) is 115 cm³/mol. The molecule has 4 aromatic rings. The van der Waals surface area contributed by atoms with Crippen LogP contribution in [0.4, 0.5) is 5.69 Å². The summed E-state index contributed by atoms with van der Waals surface area (Å²) >= 11 is 0. The third-order valence-corrected chi connectivity index (χ3v) is 4.64. The second kappa shape index (κ2) is 8.16. The number of hydrogen-bond acceptors (Lipinski definition) is 3. The van der Waals surface area contributed by atoms with E-state index < -0.39 is 0 Å². The molecule has 27 heavy (non-hydrogen) atoms. The van der Waals surface area contributed by atoms with Crippen LogP contribution in [0, 0.1) is 0 Å². The molecule has 3 aromatic carbocycles. The lowest BCUT2D eigenvalue weighted by Crippen LogP contribution is -2.20. The zero-order chi connectivity index (χ0) is 17.9. The second-order valence-electron chi connectivity index (χ2n) is 6.86. The maximum absolute atomic E-state index is 4.91. The van der Waals surface area contributed by atoms with E-state index in [2.05, 4.69) is 91.0 Å². The molecule has 0 amide bonds. The summed E-state index contributed by atoms with van der Waals surface area (Å²) in [6, 6.07) is 25.5. The van der Waals surface area contributed by atoms with E-state index in [-0.39, 0.29) is 5.48 Å². The molecule has 0 fully saturated rings. The summed E-state index contributed by atoms with van der Waals surface area (Å²) in [5.41, 5.74) is 4.30. The van der Waals surface area contributed by atoms with Crippen molar-refractivity contribution in [3.8, 4) is 11.3 Å². The second-order valence-corrected chi connectivity index (χ2v) is 6.86. The fourth-order valence-electron chi connectivity index (χ4n) is 3.23. The highest BCUT2D eigenvalue weighted by Crippen LogP contribution is 2.30. The molecule has 4 nitrogen and oxygen atoms in total. The van der Waals surface area contributed by atoms with Gasteiger partial charge in [-0.15, -0.1) is 0 Å². The highest BCUT2D eigenvalue weighted by molar-refractivity contribution is 5.95. The lowest BCUT2D eigenvalue weighted by Gasteiger charge is -2.14. The molecular formula is C23H25N3O. The molecular weight excluding hydrogens is 334 g/mol. The molecule has 0 radical (unpaired) electrons. The molecule has 138 valence electrons. The summed E-state index contributed by atoms with van der Waals surface area (Å²) in [5.74, 6) is 0. The van der Waals surface area contributed by atoms with Gasteiger partial charge in [0, 0.05) is 29.7 Å². The summed E-state index contributed by atoms with van der Waals surface area (Å²) in [7, 11) is 4.18. The molecule has 0 aliphatic heterocycles. The van der Waals surface area contributed by atoms with Crippen LogP contribution in [-0.4, -0.2) is 42.5 Å². The van der Waals surface area contributed by atoms with Gasteiger partial charge in [-0.25, -0.2) is 4.98 Å². The van der Waals surface area contributed by atoms with Crippen molar-refractivity contribution in [2.24, 2.45) is 0 Å². The van der Waals surface area contributed by atoms with Crippen molar-refractivity contribution in [1.29, 1.82) is 0 Å². The molecule has 0 aliphatic carbocycles. The fourth-order valence-corrected chi connectivity index (χ4v) is 3.23. The van der Waals surface area contributed by atoms with Gasteiger partial charge in [-0.1, -0.05) is 54.6 Å². The molecule has 0 atom stereocenters. The van der Waals surface area contributed by atoms with Gasteiger partial charge >= 0.3 is 0 Å². The highest BCUT2D eigenvalue weighted by Gasteiger charge is 2.08. The number of aromatic nitrogens is 1. The van der Waals surface area contributed by atoms with Crippen molar-refractivity contribution in [2.45, 2.75) is 0 Å². The average molecular weight is 359 g/mol. The number of hydrogen-bond donors (Lipinski definition) is 1. The smallest absolute Gasteiger partial charge is 0.0730 e. The topological polar surface area (TPSA) is 59.7 Å². The number of benzene rings is 3. The first-order valence-corrected chi connectivity index (χ1v) is 8.98. The number of para-hydroxylation sites is 1. The molecule has 1 heterocycles.